The minimum atomic E-state index is -3.60. The summed E-state index contributed by atoms with van der Waals surface area (Å²) in [6.07, 6.45) is 4.53. The van der Waals surface area contributed by atoms with Gasteiger partial charge in [0, 0.05) is 25.0 Å². The average molecular weight is 391 g/mol. The summed E-state index contributed by atoms with van der Waals surface area (Å²) in [4.78, 5) is 16.3. The second-order valence-corrected chi connectivity index (χ2v) is 9.20. The zero-order valence-electron chi connectivity index (χ0n) is 16.0. The molecule has 0 unspecified atom stereocenters. The Morgan fingerprint density at radius 1 is 1.22 bits per heavy atom. The van der Waals surface area contributed by atoms with Crippen LogP contribution in [0.5, 0.6) is 0 Å². The van der Waals surface area contributed by atoms with Crippen LogP contribution in [-0.2, 0) is 21.4 Å². The molecule has 7 nitrogen and oxygen atoms in total. The molecule has 1 N–H and O–H groups in total. The molecule has 0 atom stereocenters. The van der Waals surface area contributed by atoms with Gasteiger partial charge in [0.15, 0.2) is 5.03 Å². The van der Waals surface area contributed by atoms with E-state index < -0.39 is 10.0 Å². The van der Waals surface area contributed by atoms with Crippen LogP contribution in [-0.4, -0.2) is 41.3 Å². The van der Waals surface area contributed by atoms with Crippen LogP contribution < -0.4 is 5.32 Å². The molecule has 2 aromatic rings. The van der Waals surface area contributed by atoms with E-state index in [9.17, 15) is 13.2 Å². The molecule has 1 aromatic heterocycles. The summed E-state index contributed by atoms with van der Waals surface area (Å²) in [7, 11) is -3.60. The number of anilines is 1. The molecule has 146 valence electrons. The third kappa shape index (κ3) is 4.56. The molecule has 1 saturated heterocycles. The highest BCUT2D eigenvalue weighted by atomic mass is 32.2. The van der Waals surface area contributed by atoms with Crippen molar-refractivity contribution in [1.29, 1.82) is 0 Å². The van der Waals surface area contributed by atoms with Crippen LogP contribution in [0.4, 0.5) is 5.69 Å². The lowest BCUT2D eigenvalue weighted by Crippen LogP contribution is -2.38. The first-order valence-electron chi connectivity index (χ1n) is 9.15. The fraction of sp³-hybridized carbons (Fsp3) is 0.474. The summed E-state index contributed by atoms with van der Waals surface area (Å²) >= 11 is 0. The molecule has 2 heterocycles. The Morgan fingerprint density at radius 3 is 2.59 bits per heavy atom. The lowest BCUT2D eigenvalue weighted by Gasteiger charge is -2.28. The van der Waals surface area contributed by atoms with Crippen molar-refractivity contribution in [3.63, 3.8) is 0 Å². The minimum Gasteiger partial charge on any atom is -0.327 e. The van der Waals surface area contributed by atoms with E-state index in [4.69, 9.17) is 0 Å². The Morgan fingerprint density at radius 2 is 1.93 bits per heavy atom. The number of amides is 1. The van der Waals surface area contributed by atoms with Gasteiger partial charge in [-0.25, -0.2) is 13.4 Å². The van der Waals surface area contributed by atoms with Crippen molar-refractivity contribution in [2.75, 3.05) is 18.4 Å². The van der Waals surface area contributed by atoms with Gasteiger partial charge in [0.2, 0.25) is 5.91 Å². The molecule has 0 radical (unpaired) electrons. The summed E-state index contributed by atoms with van der Waals surface area (Å²) in [5, 5.41) is 2.82. The Labute approximate surface area is 160 Å². The number of aryl methyl sites for hydroxylation is 2. The standard InChI is InChI=1S/C19H26N4O3S/c1-14-6-8-23(9-7-14)27(25,26)19-12-22(13-20-19)11-18(24)21-17-5-4-15(2)16(3)10-17/h4-5,10,12-14H,6-9,11H2,1-3H3,(H,21,24). The number of benzene rings is 1. The van der Waals surface area contributed by atoms with Gasteiger partial charge in [-0.15, -0.1) is 0 Å². The lowest BCUT2D eigenvalue weighted by atomic mass is 10.0. The smallest absolute Gasteiger partial charge is 0.262 e. The highest BCUT2D eigenvalue weighted by molar-refractivity contribution is 7.89. The number of aromatic nitrogens is 2. The maximum atomic E-state index is 12.7. The van der Waals surface area contributed by atoms with Crippen LogP contribution in [0, 0.1) is 19.8 Å². The number of imidazole rings is 1. The van der Waals surface area contributed by atoms with E-state index in [0.29, 0.717) is 19.0 Å². The molecule has 0 saturated carbocycles. The van der Waals surface area contributed by atoms with Crippen LogP contribution in [0.2, 0.25) is 0 Å². The summed E-state index contributed by atoms with van der Waals surface area (Å²) in [5.41, 5.74) is 2.97. The lowest BCUT2D eigenvalue weighted by molar-refractivity contribution is -0.116. The normalized spacial score (nSPS) is 16.4. The van der Waals surface area contributed by atoms with Gasteiger partial charge in [-0.1, -0.05) is 13.0 Å². The van der Waals surface area contributed by atoms with Gasteiger partial charge in [-0.05, 0) is 55.9 Å². The second-order valence-electron chi connectivity index (χ2n) is 7.32. The third-order valence-electron chi connectivity index (χ3n) is 5.07. The number of piperidine rings is 1. The molecular formula is C19H26N4O3S. The van der Waals surface area contributed by atoms with E-state index in [2.05, 4.69) is 17.2 Å². The van der Waals surface area contributed by atoms with Crippen molar-refractivity contribution in [1.82, 2.24) is 13.9 Å². The molecule has 3 rings (SSSR count). The number of hydrogen-bond acceptors (Lipinski definition) is 4. The maximum Gasteiger partial charge on any atom is 0.262 e. The van der Waals surface area contributed by atoms with Gasteiger partial charge in [0.25, 0.3) is 10.0 Å². The molecular weight excluding hydrogens is 364 g/mol. The largest absolute Gasteiger partial charge is 0.327 e. The van der Waals surface area contributed by atoms with Crippen molar-refractivity contribution in [2.45, 2.75) is 45.2 Å². The molecule has 0 bridgehead atoms. The van der Waals surface area contributed by atoms with Crippen molar-refractivity contribution in [2.24, 2.45) is 5.92 Å². The highest BCUT2D eigenvalue weighted by Crippen LogP contribution is 2.22. The minimum absolute atomic E-state index is 0.00367. The number of carbonyl (C=O) groups excluding carboxylic acids is 1. The zero-order chi connectivity index (χ0) is 19.6. The fourth-order valence-electron chi connectivity index (χ4n) is 3.10. The quantitative estimate of drug-likeness (QED) is 0.850. The van der Waals surface area contributed by atoms with Gasteiger partial charge >= 0.3 is 0 Å². The van der Waals surface area contributed by atoms with E-state index in [-0.39, 0.29) is 17.5 Å². The summed E-state index contributed by atoms with van der Waals surface area (Å²) in [6.45, 7) is 7.17. The number of nitrogens with zero attached hydrogens (tertiary/aromatic N) is 3. The average Bonchev–Trinajstić information content (AvgIpc) is 3.08. The monoisotopic (exact) mass is 390 g/mol. The van der Waals surface area contributed by atoms with E-state index in [0.717, 1.165) is 29.7 Å². The zero-order valence-corrected chi connectivity index (χ0v) is 16.8. The molecule has 1 amide bonds. The van der Waals surface area contributed by atoms with Crippen LogP contribution in [0.25, 0.3) is 0 Å². The Balaban J connectivity index is 1.64. The van der Waals surface area contributed by atoms with Crippen LogP contribution in [0.3, 0.4) is 0 Å². The highest BCUT2D eigenvalue weighted by Gasteiger charge is 2.29. The van der Waals surface area contributed by atoms with Gasteiger partial charge < -0.3 is 9.88 Å². The molecule has 0 aliphatic carbocycles. The Hall–Kier alpha value is -2.19. The number of rotatable bonds is 5. The number of hydrogen-bond donors (Lipinski definition) is 1. The van der Waals surface area contributed by atoms with Crippen molar-refractivity contribution < 1.29 is 13.2 Å². The fourth-order valence-corrected chi connectivity index (χ4v) is 4.51. The number of nitrogens with one attached hydrogen (secondary N) is 1. The van der Waals surface area contributed by atoms with E-state index in [1.807, 2.05) is 32.0 Å². The predicted octanol–water partition coefficient (Wildman–Crippen LogP) is 2.56. The van der Waals surface area contributed by atoms with Gasteiger partial charge in [0.1, 0.15) is 6.54 Å². The van der Waals surface area contributed by atoms with Crippen molar-refractivity contribution >= 4 is 21.6 Å². The second kappa shape index (κ2) is 7.82. The van der Waals surface area contributed by atoms with Crippen LogP contribution >= 0.6 is 0 Å². The van der Waals surface area contributed by atoms with Gasteiger partial charge in [-0.2, -0.15) is 4.31 Å². The molecule has 1 aliphatic heterocycles. The summed E-state index contributed by atoms with van der Waals surface area (Å²) in [5.74, 6) is 0.314. The summed E-state index contributed by atoms with van der Waals surface area (Å²) in [6, 6.07) is 5.71. The first-order chi connectivity index (χ1) is 12.8. The molecule has 1 aromatic carbocycles. The number of carbonyl (C=O) groups is 1. The van der Waals surface area contributed by atoms with E-state index in [1.165, 1.54) is 21.4 Å². The molecule has 0 spiro atoms. The molecule has 8 heteroatoms. The third-order valence-corrected chi connectivity index (χ3v) is 6.86. The molecule has 27 heavy (non-hydrogen) atoms. The van der Waals surface area contributed by atoms with Gasteiger partial charge in [0.05, 0.1) is 6.33 Å². The van der Waals surface area contributed by atoms with Crippen molar-refractivity contribution in [3.05, 3.63) is 41.9 Å². The Bertz CT molecular complexity index is 928. The van der Waals surface area contributed by atoms with Gasteiger partial charge in [-0.3, -0.25) is 4.79 Å². The topological polar surface area (TPSA) is 84.3 Å². The maximum absolute atomic E-state index is 12.7. The van der Waals surface area contributed by atoms with Crippen LogP contribution in [0.1, 0.15) is 30.9 Å². The summed E-state index contributed by atoms with van der Waals surface area (Å²) < 4.78 is 28.4. The van der Waals surface area contributed by atoms with E-state index >= 15 is 0 Å². The first kappa shape index (κ1) is 19.6. The molecule has 1 fully saturated rings. The first-order valence-corrected chi connectivity index (χ1v) is 10.6. The Kier molecular flexibility index (Phi) is 5.67. The molecule has 1 aliphatic rings. The SMILES string of the molecule is Cc1ccc(NC(=O)Cn2cnc(S(=O)(=O)N3CCC(C)CC3)c2)cc1C. The van der Waals surface area contributed by atoms with Crippen LogP contribution in [0.15, 0.2) is 35.7 Å². The predicted molar refractivity (Wildman–Crippen MR) is 104 cm³/mol. The van der Waals surface area contributed by atoms with Crippen molar-refractivity contribution in [3.8, 4) is 0 Å². The number of sulfonamides is 1. The van der Waals surface area contributed by atoms with E-state index in [1.54, 1.807) is 0 Å².